The third kappa shape index (κ3) is 4.79. The molecule has 3 aliphatic rings. The number of amides is 2. The number of carbonyl (C=O) groups is 3. The van der Waals surface area contributed by atoms with Gasteiger partial charge in [-0.2, -0.15) is 5.10 Å². The van der Waals surface area contributed by atoms with E-state index in [1.165, 1.54) is 4.90 Å². The van der Waals surface area contributed by atoms with Crippen LogP contribution in [0.1, 0.15) is 64.2 Å². The van der Waals surface area contributed by atoms with E-state index in [-0.39, 0.29) is 23.7 Å². The monoisotopic (exact) mass is 440 g/mol. The van der Waals surface area contributed by atoms with Crippen molar-refractivity contribution in [3.8, 4) is 0 Å². The lowest BCUT2D eigenvalue weighted by Gasteiger charge is -2.36. The minimum absolute atomic E-state index is 0.0393. The molecule has 1 aromatic carbocycles. The molecule has 0 spiro atoms. The third-order valence-corrected chi connectivity index (χ3v) is 6.90. The van der Waals surface area contributed by atoms with Gasteiger partial charge in [0.25, 0.3) is 5.91 Å². The Kier molecular flexibility index (Phi) is 7.07. The van der Waals surface area contributed by atoms with E-state index < -0.39 is 23.8 Å². The number of nitrogens with zero attached hydrogens (tertiary/aromatic N) is 2. The molecule has 8 nitrogen and oxygen atoms in total. The topological polar surface area (TPSA) is 111 Å². The van der Waals surface area contributed by atoms with Crippen molar-refractivity contribution in [3.63, 3.8) is 0 Å². The van der Waals surface area contributed by atoms with Crippen LogP contribution in [0.4, 0.5) is 5.69 Å². The fourth-order valence-electron chi connectivity index (χ4n) is 5.27. The van der Waals surface area contributed by atoms with Gasteiger partial charge in [-0.25, -0.2) is 0 Å². The molecule has 2 aliphatic carbocycles. The molecule has 0 aromatic heterocycles. The largest absolute Gasteiger partial charge is 0.481 e. The highest BCUT2D eigenvalue weighted by Gasteiger charge is 2.55. The summed E-state index contributed by atoms with van der Waals surface area (Å²) in [5, 5.41) is 17.3. The van der Waals surface area contributed by atoms with Gasteiger partial charge in [-0.05, 0) is 37.8 Å². The molecular formula is C24H32N4O4. The van der Waals surface area contributed by atoms with Crippen molar-refractivity contribution in [2.45, 2.75) is 82.3 Å². The summed E-state index contributed by atoms with van der Waals surface area (Å²) in [4.78, 5) is 40.7. The Morgan fingerprint density at radius 1 is 0.938 bits per heavy atom. The minimum atomic E-state index is -1.30. The van der Waals surface area contributed by atoms with Gasteiger partial charge >= 0.3 is 5.97 Å². The SMILES string of the molecule is O=C(O)[C@H]1/C(=N\Nc2ccccc2)C(=O)N(C2CCCCC2)[C@H]1C(=O)NC1CCCCC1. The number of para-hydroxylation sites is 1. The van der Waals surface area contributed by atoms with Gasteiger partial charge in [0.2, 0.25) is 5.91 Å². The highest BCUT2D eigenvalue weighted by molar-refractivity contribution is 6.46. The van der Waals surface area contributed by atoms with E-state index in [1.807, 2.05) is 18.2 Å². The van der Waals surface area contributed by atoms with Gasteiger partial charge < -0.3 is 15.3 Å². The standard InChI is InChI=1S/C24H32N4O4/c29-22(25-16-10-4-1-5-11-16)21-19(24(31)32)20(27-26-17-12-6-2-7-13-17)23(30)28(21)18-14-8-3-9-15-18/h2,6-7,12-13,16,18-19,21,26H,1,3-5,8-11,14-15H2,(H,25,29)(H,31,32)/b27-20+/t19-,21+/m0/s1. The number of anilines is 1. The summed E-state index contributed by atoms with van der Waals surface area (Å²) in [5.74, 6) is -3.32. The van der Waals surface area contributed by atoms with Crippen molar-refractivity contribution in [2.75, 3.05) is 5.43 Å². The highest BCUT2D eigenvalue weighted by Crippen LogP contribution is 2.33. The molecule has 3 N–H and O–H groups in total. The van der Waals surface area contributed by atoms with Crippen molar-refractivity contribution in [2.24, 2.45) is 11.0 Å². The van der Waals surface area contributed by atoms with Crippen molar-refractivity contribution in [1.29, 1.82) is 0 Å². The molecular weight excluding hydrogens is 408 g/mol. The van der Waals surface area contributed by atoms with E-state index in [0.717, 1.165) is 64.2 Å². The molecule has 0 bridgehead atoms. The molecule has 1 aromatic rings. The van der Waals surface area contributed by atoms with Crippen molar-refractivity contribution >= 4 is 29.2 Å². The Labute approximate surface area is 188 Å². The Morgan fingerprint density at radius 3 is 2.19 bits per heavy atom. The Morgan fingerprint density at radius 2 is 1.56 bits per heavy atom. The van der Waals surface area contributed by atoms with Crippen LogP contribution >= 0.6 is 0 Å². The van der Waals surface area contributed by atoms with Gasteiger partial charge in [0.15, 0.2) is 0 Å². The van der Waals surface area contributed by atoms with Gasteiger partial charge in [0, 0.05) is 12.1 Å². The number of carboxylic acid groups (broad SMARTS) is 1. The number of nitrogens with one attached hydrogen (secondary N) is 2. The first kappa shape index (κ1) is 22.3. The zero-order valence-electron chi connectivity index (χ0n) is 18.3. The summed E-state index contributed by atoms with van der Waals surface area (Å²) in [6.07, 6.45) is 9.64. The van der Waals surface area contributed by atoms with E-state index >= 15 is 0 Å². The average Bonchev–Trinajstić information content (AvgIpc) is 3.12. The number of rotatable bonds is 6. The van der Waals surface area contributed by atoms with Gasteiger partial charge in [-0.1, -0.05) is 56.7 Å². The Balaban J connectivity index is 1.64. The van der Waals surface area contributed by atoms with E-state index in [2.05, 4.69) is 15.8 Å². The van der Waals surface area contributed by atoms with E-state index in [1.54, 1.807) is 12.1 Å². The lowest BCUT2D eigenvalue weighted by molar-refractivity contribution is -0.146. The molecule has 2 amide bonds. The summed E-state index contributed by atoms with van der Waals surface area (Å²) in [7, 11) is 0. The summed E-state index contributed by atoms with van der Waals surface area (Å²) < 4.78 is 0. The van der Waals surface area contributed by atoms with E-state index in [4.69, 9.17) is 0 Å². The molecule has 8 heteroatoms. The zero-order chi connectivity index (χ0) is 22.5. The van der Waals surface area contributed by atoms with E-state index in [9.17, 15) is 19.5 Å². The number of carboxylic acids is 1. The molecule has 1 aliphatic heterocycles. The van der Waals surface area contributed by atoms with Crippen LogP contribution in [0.2, 0.25) is 0 Å². The molecule has 0 radical (unpaired) electrons. The number of hydrogen-bond acceptors (Lipinski definition) is 5. The minimum Gasteiger partial charge on any atom is -0.481 e. The Hall–Kier alpha value is -2.90. The molecule has 0 unspecified atom stereocenters. The second-order valence-corrected chi connectivity index (χ2v) is 9.08. The van der Waals surface area contributed by atoms with Crippen LogP contribution in [0.3, 0.4) is 0 Å². The van der Waals surface area contributed by atoms with Crippen LogP contribution in [-0.2, 0) is 14.4 Å². The van der Waals surface area contributed by atoms with Crippen LogP contribution < -0.4 is 10.7 Å². The van der Waals surface area contributed by atoms with Crippen LogP contribution in [0.15, 0.2) is 35.4 Å². The molecule has 2 saturated carbocycles. The van der Waals surface area contributed by atoms with E-state index in [0.29, 0.717) is 5.69 Å². The van der Waals surface area contributed by atoms with Gasteiger partial charge in [0.1, 0.15) is 17.7 Å². The predicted molar refractivity (Wildman–Crippen MR) is 121 cm³/mol. The molecule has 3 fully saturated rings. The first-order chi connectivity index (χ1) is 15.6. The lowest BCUT2D eigenvalue weighted by Crippen LogP contribution is -2.54. The van der Waals surface area contributed by atoms with Gasteiger partial charge in [-0.3, -0.25) is 19.8 Å². The maximum atomic E-state index is 13.5. The average molecular weight is 441 g/mol. The smallest absolute Gasteiger partial charge is 0.315 e. The first-order valence-corrected chi connectivity index (χ1v) is 11.8. The second-order valence-electron chi connectivity index (χ2n) is 9.08. The Bertz CT molecular complexity index is 860. The predicted octanol–water partition coefficient (Wildman–Crippen LogP) is 3.15. The number of benzene rings is 1. The summed E-state index contributed by atoms with van der Waals surface area (Å²) in [6, 6.07) is 7.90. The molecule has 32 heavy (non-hydrogen) atoms. The fraction of sp³-hybridized carbons (Fsp3) is 0.583. The number of hydrogen-bond donors (Lipinski definition) is 3. The molecule has 1 heterocycles. The quantitative estimate of drug-likeness (QED) is 0.589. The number of hydrazone groups is 1. The maximum absolute atomic E-state index is 13.5. The van der Waals surface area contributed by atoms with Crippen molar-refractivity contribution in [1.82, 2.24) is 10.2 Å². The van der Waals surface area contributed by atoms with Crippen molar-refractivity contribution < 1.29 is 19.5 Å². The van der Waals surface area contributed by atoms with Gasteiger partial charge in [-0.15, -0.1) is 0 Å². The number of carbonyl (C=O) groups excluding carboxylic acids is 2. The van der Waals surface area contributed by atoms with Crippen LogP contribution in [0, 0.1) is 5.92 Å². The molecule has 2 atom stereocenters. The molecule has 172 valence electrons. The van der Waals surface area contributed by atoms with Crippen LogP contribution in [-0.4, -0.2) is 51.6 Å². The summed E-state index contributed by atoms with van der Waals surface area (Å²) in [5.41, 5.74) is 3.36. The fourth-order valence-corrected chi connectivity index (χ4v) is 5.27. The van der Waals surface area contributed by atoms with Crippen LogP contribution in [0.25, 0.3) is 0 Å². The summed E-state index contributed by atoms with van der Waals surface area (Å²) in [6.45, 7) is 0. The second kappa shape index (κ2) is 10.1. The molecule has 1 saturated heterocycles. The third-order valence-electron chi connectivity index (χ3n) is 6.90. The van der Waals surface area contributed by atoms with Crippen LogP contribution in [0.5, 0.6) is 0 Å². The molecule has 4 rings (SSSR count). The maximum Gasteiger partial charge on any atom is 0.315 e. The van der Waals surface area contributed by atoms with Gasteiger partial charge in [0.05, 0.1) is 5.69 Å². The number of aliphatic carboxylic acids is 1. The normalized spacial score (nSPS) is 26.3. The highest BCUT2D eigenvalue weighted by atomic mass is 16.4. The van der Waals surface area contributed by atoms with Crippen molar-refractivity contribution in [3.05, 3.63) is 30.3 Å². The number of likely N-dealkylation sites (tertiary alicyclic amines) is 1. The first-order valence-electron chi connectivity index (χ1n) is 11.8. The lowest BCUT2D eigenvalue weighted by atomic mass is 9.91. The summed E-state index contributed by atoms with van der Waals surface area (Å²) >= 11 is 0. The zero-order valence-corrected chi connectivity index (χ0v) is 18.3.